The number of fused-ring (bicyclic) bond motifs is 7. The van der Waals surface area contributed by atoms with Crippen LogP contribution in [0.25, 0.3) is 0 Å². The van der Waals surface area contributed by atoms with Gasteiger partial charge in [-0.25, -0.2) is 12.7 Å². The molecule has 0 aromatic heterocycles. The molecule has 9 nitrogen and oxygen atoms in total. The largest absolute Gasteiger partial charge is 0.481 e. The number of carbonyl (C=O) groups is 3. The van der Waals surface area contributed by atoms with Crippen molar-refractivity contribution in [1.29, 1.82) is 0 Å². The van der Waals surface area contributed by atoms with Crippen molar-refractivity contribution in [2.24, 2.45) is 62.1 Å². The van der Waals surface area contributed by atoms with Crippen molar-refractivity contribution in [1.82, 2.24) is 9.62 Å². The summed E-state index contributed by atoms with van der Waals surface area (Å²) >= 11 is 0. The van der Waals surface area contributed by atoms with Crippen LogP contribution in [0.4, 0.5) is 0 Å². The average Bonchev–Trinajstić information content (AvgIpc) is 3.63. The highest BCUT2D eigenvalue weighted by molar-refractivity contribution is 7.88. The maximum absolute atomic E-state index is 13.9. The highest BCUT2D eigenvalue weighted by Crippen LogP contribution is 2.78. The Morgan fingerprint density at radius 2 is 1.58 bits per heavy atom. The maximum atomic E-state index is 13.9. The Morgan fingerprint density at radius 1 is 0.887 bits per heavy atom. The van der Waals surface area contributed by atoms with Crippen LogP contribution in [-0.2, 0) is 29.1 Å². The molecule has 2 N–H and O–H groups in total. The van der Waals surface area contributed by atoms with E-state index in [2.05, 4.69) is 53.4 Å². The maximum Gasteiger partial charge on any atom is 0.306 e. The molecule has 6 fully saturated rings. The Hall–Kier alpha value is -1.94. The molecule has 1 heterocycles. The third-order valence-corrected chi connectivity index (χ3v) is 18.5. The van der Waals surface area contributed by atoms with E-state index in [0.717, 1.165) is 51.4 Å². The standard InChI is InChI=1S/C43H70N2O7S/c1-27(2)29-13-19-43(23-34(46)44-28-16-22-45(26-28)53(10,50)51)21-20-41(8)30(37(29)43)11-12-32-40(7)17-15-33(39(5,6)31(40)14-18-42(32,41)9)52-36(49)25-38(3,4)24-35(47)48/h28-33,37H,1,11-26H2,2-10H3,(H,44,46)(H,47,48)/t28-,29-,30+,31-,32+,33-,37+,40-,41+,42+,43+/m0/s1. The van der Waals surface area contributed by atoms with Gasteiger partial charge in [-0.15, -0.1) is 0 Å². The van der Waals surface area contributed by atoms with Gasteiger partial charge in [0.05, 0.1) is 19.1 Å². The predicted molar refractivity (Wildman–Crippen MR) is 207 cm³/mol. The molecule has 0 bridgehead atoms. The van der Waals surface area contributed by atoms with Gasteiger partial charge in [0.2, 0.25) is 15.9 Å². The van der Waals surface area contributed by atoms with E-state index in [1.165, 1.54) is 29.0 Å². The minimum Gasteiger partial charge on any atom is -0.481 e. The van der Waals surface area contributed by atoms with E-state index in [1.54, 1.807) is 0 Å². The summed E-state index contributed by atoms with van der Waals surface area (Å²) in [6.07, 6.45) is 13.1. The average molecular weight is 759 g/mol. The molecular weight excluding hydrogens is 689 g/mol. The summed E-state index contributed by atoms with van der Waals surface area (Å²) in [5, 5.41) is 12.6. The molecule has 5 aliphatic carbocycles. The minimum atomic E-state index is -3.27. The lowest BCUT2D eigenvalue weighted by Crippen LogP contribution is -2.67. The first-order valence-electron chi connectivity index (χ1n) is 20.7. The Bertz CT molecular complexity index is 1610. The van der Waals surface area contributed by atoms with Crippen molar-refractivity contribution in [2.45, 2.75) is 157 Å². The fraction of sp³-hybridized carbons (Fsp3) is 0.884. The van der Waals surface area contributed by atoms with Gasteiger partial charge in [-0.2, -0.15) is 0 Å². The number of carbonyl (C=O) groups excluding carboxylic acids is 2. The van der Waals surface area contributed by atoms with Gasteiger partial charge in [-0.3, -0.25) is 14.4 Å². The van der Waals surface area contributed by atoms with Crippen molar-refractivity contribution in [3.8, 4) is 0 Å². The summed E-state index contributed by atoms with van der Waals surface area (Å²) in [5.74, 6) is 1.22. The first-order chi connectivity index (χ1) is 24.4. The second kappa shape index (κ2) is 13.6. The number of esters is 1. The number of ether oxygens (including phenoxy) is 1. The van der Waals surface area contributed by atoms with Gasteiger partial charge in [-0.1, -0.05) is 60.6 Å². The molecule has 1 aliphatic heterocycles. The molecule has 1 saturated heterocycles. The lowest BCUT2D eigenvalue weighted by Gasteiger charge is -2.73. The SMILES string of the molecule is C=C(C)[C@@H]1CC[C@]2(CC(=O)N[C@H]3CCN(S(C)(=O)=O)C3)CC[C@]3(C)[C@H](CC[C@@H]4[C@@]5(C)CC[C@H](OC(=O)CC(C)(C)CC(=O)O)C(C)(C)[C@@H]5CC[C@]43C)[C@@H]12. The summed E-state index contributed by atoms with van der Waals surface area (Å²) in [6, 6.07) is -0.129. The van der Waals surface area contributed by atoms with Crippen molar-refractivity contribution >= 4 is 27.9 Å². The minimum absolute atomic E-state index is 0.0553. The van der Waals surface area contributed by atoms with Crippen LogP contribution in [0.15, 0.2) is 12.2 Å². The molecule has 5 saturated carbocycles. The van der Waals surface area contributed by atoms with E-state index in [9.17, 15) is 27.9 Å². The van der Waals surface area contributed by atoms with Gasteiger partial charge in [0.25, 0.3) is 0 Å². The van der Waals surface area contributed by atoms with Gasteiger partial charge in [-0.05, 0) is 134 Å². The zero-order valence-electron chi connectivity index (χ0n) is 34.3. The van der Waals surface area contributed by atoms with Crippen LogP contribution in [0.2, 0.25) is 0 Å². The highest BCUT2D eigenvalue weighted by atomic mass is 32.2. The number of carboxylic acid groups (broad SMARTS) is 1. The van der Waals surface area contributed by atoms with E-state index in [-0.39, 0.29) is 63.9 Å². The van der Waals surface area contributed by atoms with Gasteiger partial charge in [0.15, 0.2) is 0 Å². The third kappa shape index (κ3) is 6.94. The predicted octanol–water partition coefficient (Wildman–Crippen LogP) is 7.99. The van der Waals surface area contributed by atoms with E-state index in [0.29, 0.717) is 55.5 Å². The molecule has 300 valence electrons. The Morgan fingerprint density at radius 3 is 2.21 bits per heavy atom. The molecule has 0 spiro atoms. The number of nitrogens with zero attached hydrogens (tertiary/aromatic N) is 1. The Labute approximate surface area is 320 Å². The molecule has 10 heteroatoms. The smallest absolute Gasteiger partial charge is 0.306 e. The summed E-state index contributed by atoms with van der Waals surface area (Å²) in [4.78, 5) is 38.5. The first kappa shape index (κ1) is 40.7. The molecule has 6 aliphatic rings. The van der Waals surface area contributed by atoms with E-state index >= 15 is 0 Å². The number of aliphatic carboxylic acids is 1. The number of amides is 1. The number of carboxylic acids is 1. The molecule has 1 amide bonds. The van der Waals surface area contributed by atoms with Crippen molar-refractivity contribution in [3.63, 3.8) is 0 Å². The first-order valence-corrected chi connectivity index (χ1v) is 22.5. The number of hydrogen-bond donors (Lipinski definition) is 2. The molecule has 0 unspecified atom stereocenters. The zero-order chi connectivity index (χ0) is 39.2. The molecule has 6 rings (SSSR count). The lowest BCUT2D eigenvalue weighted by atomic mass is 9.32. The number of rotatable bonds is 10. The summed E-state index contributed by atoms with van der Waals surface area (Å²) in [5.41, 5.74) is 0.759. The Balaban J connectivity index is 1.20. The normalized spacial score (nSPS) is 42.4. The molecule has 53 heavy (non-hydrogen) atoms. The molecular formula is C43H70N2O7S. The van der Waals surface area contributed by atoms with Gasteiger partial charge < -0.3 is 15.2 Å². The molecule has 0 radical (unpaired) electrons. The van der Waals surface area contributed by atoms with Crippen LogP contribution in [0, 0.1) is 62.1 Å². The quantitative estimate of drug-likeness (QED) is 0.171. The van der Waals surface area contributed by atoms with Crippen LogP contribution < -0.4 is 5.32 Å². The van der Waals surface area contributed by atoms with Crippen molar-refractivity contribution in [2.75, 3.05) is 19.3 Å². The number of sulfonamides is 1. The van der Waals surface area contributed by atoms with Crippen LogP contribution in [0.3, 0.4) is 0 Å². The summed E-state index contributed by atoms with van der Waals surface area (Å²) < 4.78 is 32.0. The molecule has 11 atom stereocenters. The number of nitrogens with one attached hydrogen (secondary N) is 1. The van der Waals surface area contributed by atoms with Gasteiger partial charge in [0.1, 0.15) is 6.10 Å². The topological polar surface area (TPSA) is 130 Å². The van der Waals surface area contributed by atoms with Crippen LogP contribution in [-0.4, -0.2) is 67.2 Å². The van der Waals surface area contributed by atoms with E-state index < -0.39 is 21.4 Å². The van der Waals surface area contributed by atoms with Gasteiger partial charge in [0, 0.05) is 31.0 Å². The van der Waals surface area contributed by atoms with Crippen LogP contribution >= 0.6 is 0 Å². The fourth-order valence-corrected chi connectivity index (χ4v) is 15.5. The summed E-state index contributed by atoms with van der Waals surface area (Å²) in [6.45, 7) is 23.6. The van der Waals surface area contributed by atoms with Gasteiger partial charge >= 0.3 is 11.9 Å². The summed E-state index contributed by atoms with van der Waals surface area (Å²) in [7, 11) is -3.27. The molecule has 0 aromatic carbocycles. The lowest BCUT2D eigenvalue weighted by molar-refractivity contribution is -0.250. The highest BCUT2D eigenvalue weighted by Gasteiger charge is 2.71. The zero-order valence-corrected chi connectivity index (χ0v) is 35.1. The van der Waals surface area contributed by atoms with E-state index in [4.69, 9.17) is 4.74 Å². The van der Waals surface area contributed by atoms with Crippen LogP contribution in [0.1, 0.15) is 145 Å². The van der Waals surface area contributed by atoms with Crippen molar-refractivity contribution < 1.29 is 32.6 Å². The molecule has 0 aromatic rings. The fourth-order valence-electron chi connectivity index (χ4n) is 14.6. The number of allylic oxidation sites excluding steroid dienone is 1. The van der Waals surface area contributed by atoms with Crippen LogP contribution in [0.5, 0.6) is 0 Å². The number of hydrogen-bond acceptors (Lipinski definition) is 6. The van der Waals surface area contributed by atoms with E-state index in [1.807, 2.05) is 13.8 Å². The monoisotopic (exact) mass is 758 g/mol. The second-order valence-corrected chi connectivity index (χ2v) is 23.1. The van der Waals surface area contributed by atoms with Crippen molar-refractivity contribution in [3.05, 3.63) is 12.2 Å². The third-order valence-electron chi connectivity index (χ3n) is 17.2. The second-order valence-electron chi connectivity index (χ2n) is 21.1. The Kier molecular flexibility index (Phi) is 10.5.